The van der Waals surface area contributed by atoms with Gasteiger partial charge >= 0.3 is 0 Å². The van der Waals surface area contributed by atoms with Gasteiger partial charge in [-0.25, -0.2) is 9.97 Å². The zero-order valence-corrected chi connectivity index (χ0v) is 11.0. The van der Waals surface area contributed by atoms with Gasteiger partial charge in [-0.1, -0.05) is 18.5 Å². The van der Waals surface area contributed by atoms with E-state index in [-0.39, 0.29) is 0 Å². The van der Waals surface area contributed by atoms with E-state index in [0.29, 0.717) is 28.8 Å². The fourth-order valence-electron chi connectivity index (χ4n) is 1.56. The van der Waals surface area contributed by atoms with Crippen LogP contribution in [0, 0.1) is 0 Å². The maximum atomic E-state index is 11.0. The van der Waals surface area contributed by atoms with E-state index >= 15 is 0 Å². The number of hydrogen-bond acceptors (Lipinski definition) is 4. The lowest BCUT2D eigenvalue weighted by molar-refractivity contribution is 0.100. The van der Waals surface area contributed by atoms with Gasteiger partial charge in [-0.15, -0.1) is 0 Å². The largest absolute Gasteiger partial charge is 0.439 e. The lowest BCUT2D eigenvalue weighted by Crippen LogP contribution is -2.10. The summed E-state index contributed by atoms with van der Waals surface area (Å²) < 4.78 is 5.63. The Kier molecular flexibility index (Phi) is 3.97. The zero-order chi connectivity index (χ0) is 13.8. The molecule has 98 valence electrons. The summed E-state index contributed by atoms with van der Waals surface area (Å²) in [7, 11) is 0. The van der Waals surface area contributed by atoms with Crippen molar-refractivity contribution >= 4 is 17.5 Å². The third kappa shape index (κ3) is 3.00. The van der Waals surface area contributed by atoms with Crippen LogP contribution in [0.3, 0.4) is 0 Å². The second-order valence-corrected chi connectivity index (χ2v) is 4.15. The van der Waals surface area contributed by atoms with Crippen molar-refractivity contribution in [3.63, 3.8) is 0 Å². The highest BCUT2D eigenvalue weighted by molar-refractivity contribution is 6.30. The Hall–Kier alpha value is -2.14. The quantitative estimate of drug-likeness (QED) is 0.871. The normalized spacial score (nSPS) is 10.2. The number of benzene rings is 1. The van der Waals surface area contributed by atoms with Crippen LogP contribution in [-0.2, 0) is 6.42 Å². The predicted molar refractivity (Wildman–Crippen MR) is 71.5 cm³/mol. The second-order valence-electron chi connectivity index (χ2n) is 3.79. The number of primary amides is 1. The van der Waals surface area contributed by atoms with Crippen molar-refractivity contribution < 1.29 is 9.53 Å². The van der Waals surface area contributed by atoms with Crippen molar-refractivity contribution in [3.05, 3.63) is 46.9 Å². The van der Waals surface area contributed by atoms with Crippen LogP contribution in [0.2, 0.25) is 5.15 Å². The zero-order valence-electron chi connectivity index (χ0n) is 10.3. The first-order valence-electron chi connectivity index (χ1n) is 5.69. The van der Waals surface area contributed by atoms with E-state index in [1.54, 1.807) is 24.3 Å². The van der Waals surface area contributed by atoms with Gasteiger partial charge < -0.3 is 10.5 Å². The molecule has 1 amide bonds. The van der Waals surface area contributed by atoms with Gasteiger partial charge in [0.15, 0.2) is 0 Å². The number of ether oxygens (including phenoxy) is 1. The molecule has 1 heterocycles. The average molecular weight is 278 g/mol. The number of carbonyl (C=O) groups is 1. The highest BCUT2D eigenvalue weighted by Gasteiger charge is 2.10. The molecule has 0 aliphatic heterocycles. The summed E-state index contributed by atoms with van der Waals surface area (Å²) in [4.78, 5) is 18.9. The van der Waals surface area contributed by atoms with Crippen LogP contribution in [-0.4, -0.2) is 15.9 Å². The third-order valence-electron chi connectivity index (χ3n) is 2.56. The summed E-state index contributed by atoms with van der Waals surface area (Å²) in [5.41, 5.74) is 6.32. The summed E-state index contributed by atoms with van der Waals surface area (Å²) >= 11 is 5.97. The molecule has 6 heteroatoms. The van der Waals surface area contributed by atoms with Crippen molar-refractivity contribution in [3.8, 4) is 11.6 Å². The molecule has 0 saturated heterocycles. The number of nitrogens with zero attached hydrogens (tertiary/aromatic N) is 2. The van der Waals surface area contributed by atoms with Gasteiger partial charge in [0.2, 0.25) is 11.8 Å². The van der Waals surface area contributed by atoms with E-state index < -0.39 is 5.91 Å². The van der Waals surface area contributed by atoms with Crippen molar-refractivity contribution in [2.24, 2.45) is 5.73 Å². The van der Waals surface area contributed by atoms with Gasteiger partial charge in [-0.2, -0.15) is 0 Å². The third-order valence-corrected chi connectivity index (χ3v) is 2.89. The smallest absolute Gasteiger partial charge is 0.248 e. The minimum atomic E-state index is -0.481. The molecule has 19 heavy (non-hydrogen) atoms. The molecule has 0 aliphatic rings. The molecule has 1 aromatic carbocycles. The number of halogens is 1. The lowest BCUT2D eigenvalue weighted by Gasteiger charge is -2.09. The number of hydrogen-bond donors (Lipinski definition) is 1. The summed E-state index contributed by atoms with van der Waals surface area (Å²) in [5.74, 6) is 0.481. The maximum Gasteiger partial charge on any atom is 0.248 e. The second kappa shape index (κ2) is 5.67. The number of nitrogens with two attached hydrogens (primary N) is 1. The highest BCUT2D eigenvalue weighted by Crippen LogP contribution is 2.27. The first-order chi connectivity index (χ1) is 9.11. The van der Waals surface area contributed by atoms with E-state index in [2.05, 4.69) is 9.97 Å². The summed E-state index contributed by atoms with van der Waals surface area (Å²) in [6, 6.07) is 6.48. The van der Waals surface area contributed by atoms with Crippen LogP contribution in [0.4, 0.5) is 0 Å². The molecule has 0 bridgehead atoms. The molecule has 0 atom stereocenters. The standard InChI is InChI=1S/C13H12ClN3O2/c1-2-10-11(14)16-7-17-13(10)19-9-5-3-8(4-6-9)12(15)18/h3-7H,2H2,1H3,(H2,15,18). The molecule has 0 aliphatic carbocycles. The Morgan fingerprint density at radius 2 is 2.00 bits per heavy atom. The SMILES string of the molecule is CCc1c(Cl)ncnc1Oc1ccc(C(N)=O)cc1. The van der Waals surface area contributed by atoms with Crippen molar-refractivity contribution in [2.75, 3.05) is 0 Å². The number of rotatable bonds is 4. The topological polar surface area (TPSA) is 78.1 Å². The Balaban J connectivity index is 2.26. The summed E-state index contributed by atoms with van der Waals surface area (Å²) in [6.45, 7) is 1.94. The summed E-state index contributed by atoms with van der Waals surface area (Å²) in [6.07, 6.45) is 2.00. The molecule has 0 radical (unpaired) electrons. The molecular formula is C13H12ClN3O2. The molecule has 0 unspecified atom stereocenters. The van der Waals surface area contributed by atoms with E-state index in [0.717, 1.165) is 5.56 Å². The lowest BCUT2D eigenvalue weighted by atomic mass is 10.2. The molecular weight excluding hydrogens is 266 g/mol. The van der Waals surface area contributed by atoms with Crippen molar-refractivity contribution in [1.29, 1.82) is 0 Å². The fraction of sp³-hybridized carbons (Fsp3) is 0.154. The number of carbonyl (C=O) groups excluding carboxylic acids is 1. The van der Waals surface area contributed by atoms with Crippen LogP contribution in [0.1, 0.15) is 22.8 Å². The number of aromatic nitrogens is 2. The minimum Gasteiger partial charge on any atom is -0.439 e. The molecule has 2 N–H and O–H groups in total. The maximum absolute atomic E-state index is 11.0. The van der Waals surface area contributed by atoms with E-state index in [1.807, 2.05) is 6.92 Å². The summed E-state index contributed by atoms with van der Waals surface area (Å²) in [5, 5.41) is 0.376. The van der Waals surface area contributed by atoms with Crippen LogP contribution in [0.5, 0.6) is 11.6 Å². The highest BCUT2D eigenvalue weighted by atomic mass is 35.5. The number of amides is 1. The van der Waals surface area contributed by atoms with E-state index in [4.69, 9.17) is 22.1 Å². The Morgan fingerprint density at radius 3 is 2.58 bits per heavy atom. The van der Waals surface area contributed by atoms with Crippen LogP contribution in [0.15, 0.2) is 30.6 Å². The molecule has 1 aromatic heterocycles. The van der Waals surface area contributed by atoms with Crippen LogP contribution >= 0.6 is 11.6 Å². The molecule has 0 fully saturated rings. The van der Waals surface area contributed by atoms with Crippen molar-refractivity contribution in [2.45, 2.75) is 13.3 Å². The minimum absolute atomic E-state index is 0.376. The Morgan fingerprint density at radius 1 is 1.32 bits per heavy atom. The van der Waals surface area contributed by atoms with E-state index in [9.17, 15) is 4.79 Å². The Labute approximate surface area is 115 Å². The predicted octanol–water partition coefficient (Wildman–Crippen LogP) is 2.58. The van der Waals surface area contributed by atoms with Gasteiger partial charge in [0.25, 0.3) is 0 Å². The first-order valence-corrected chi connectivity index (χ1v) is 6.06. The monoisotopic (exact) mass is 277 g/mol. The van der Waals surface area contributed by atoms with Crippen LogP contribution in [0.25, 0.3) is 0 Å². The molecule has 2 aromatic rings. The van der Waals surface area contributed by atoms with Gasteiger partial charge in [-0.3, -0.25) is 4.79 Å². The Bertz CT molecular complexity index is 599. The molecule has 2 rings (SSSR count). The molecule has 0 spiro atoms. The van der Waals surface area contributed by atoms with Gasteiger partial charge in [-0.05, 0) is 30.7 Å². The first kappa shape index (κ1) is 13.3. The average Bonchev–Trinajstić information content (AvgIpc) is 2.39. The molecule has 5 nitrogen and oxygen atoms in total. The van der Waals surface area contributed by atoms with Gasteiger partial charge in [0.05, 0.1) is 5.56 Å². The van der Waals surface area contributed by atoms with Crippen LogP contribution < -0.4 is 10.5 Å². The van der Waals surface area contributed by atoms with E-state index in [1.165, 1.54) is 6.33 Å². The van der Waals surface area contributed by atoms with Gasteiger partial charge in [0.1, 0.15) is 17.2 Å². The fourth-order valence-corrected chi connectivity index (χ4v) is 1.82. The molecule has 0 saturated carbocycles. The van der Waals surface area contributed by atoms with Gasteiger partial charge in [0, 0.05) is 5.56 Å². The van der Waals surface area contributed by atoms with Crippen molar-refractivity contribution in [1.82, 2.24) is 9.97 Å².